The number of rotatable bonds is 4. The molecule has 0 atom stereocenters. The molecule has 0 aliphatic carbocycles. The van der Waals surface area contributed by atoms with E-state index in [1.807, 2.05) is 48.7 Å². The zero-order valence-corrected chi connectivity index (χ0v) is 15.9. The lowest BCUT2D eigenvalue weighted by Gasteiger charge is -2.13. The minimum atomic E-state index is -0.0541. The van der Waals surface area contributed by atoms with E-state index >= 15 is 0 Å². The lowest BCUT2D eigenvalue weighted by Crippen LogP contribution is -2.31. The summed E-state index contributed by atoms with van der Waals surface area (Å²) in [6.07, 6.45) is 0. The van der Waals surface area contributed by atoms with Gasteiger partial charge < -0.3 is 9.88 Å². The average molecular weight is 412 g/mol. The van der Waals surface area contributed by atoms with Gasteiger partial charge in [0.1, 0.15) is 5.69 Å². The Morgan fingerprint density at radius 3 is 2.83 bits per heavy atom. The van der Waals surface area contributed by atoms with Crippen molar-refractivity contribution in [2.45, 2.75) is 26.4 Å². The Hall–Kier alpha value is -1.30. The molecule has 6 heteroatoms. The predicted octanol–water partition coefficient (Wildman–Crippen LogP) is 5.31. The third-order valence-corrected chi connectivity index (χ3v) is 5.25. The van der Waals surface area contributed by atoms with Gasteiger partial charge in [0.15, 0.2) is 0 Å². The van der Waals surface area contributed by atoms with Crippen molar-refractivity contribution in [1.82, 2.24) is 9.88 Å². The van der Waals surface area contributed by atoms with Crippen molar-refractivity contribution in [2.24, 2.45) is 0 Å². The molecule has 0 fully saturated rings. The van der Waals surface area contributed by atoms with Crippen LogP contribution >= 0.6 is 38.9 Å². The van der Waals surface area contributed by atoms with Crippen LogP contribution in [0.3, 0.4) is 0 Å². The summed E-state index contributed by atoms with van der Waals surface area (Å²) in [4.78, 5) is 12.5. The minimum Gasteiger partial charge on any atom is -0.349 e. The van der Waals surface area contributed by atoms with Crippen molar-refractivity contribution in [1.29, 1.82) is 0 Å². The molecular formula is C17H16BrClN2OS. The fourth-order valence-corrected chi connectivity index (χ4v) is 4.30. The van der Waals surface area contributed by atoms with E-state index in [1.54, 1.807) is 11.3 Å². The first-order valence-corrected chi connectivity index (χ1v) is 9.26. The van der Waals surface area contributed by atoms with Crippen molar-refractivity contribution in [2.75, 3.05) is 0 Å². The molecule has 0 saturated carbocycles. The summed E-state index contributed by atoms with van der Waals surface area (Å²) >= 11 is 11.2. The van der Waals surface area contributed by atoms with E-state index in [0.29, 0.717) is 17.3 Å². The lowest BCUT2D eigenvalue weighted by molar-refractivity contribution is 0.0934. The molecule has 2 heterocycles. The van der Waals surface area contributed by atoms with Crippen LogP contribution in [0.25, 0.3) is 10.2 Å². The summed E-state index contributed by atoms with van der Waals surface area (Å²) in [6, 6.07) is 11.8. The molecule has 0 spiro atoms. The van der Waals surface area contributed by atoms with Crippen LogP contribution < -0.4 is 5.32 Å². The molecule has 0 saturated heterocycles. The third kappa shape index (κ3) is 3.62. The fraction of sp³-hybridized carbons (Fsp3) is 0.235. The number of amides is 1. The van der Waals surface area contributed by atoms with Gasteiger partial charge in [0.25, 0.3) is 5.91 Å². The van der Waals surface area contributed by atoms with Crippen LogP contribution in [-0.2, 0) is 6.54 Å². The summed E-state index contributed by atoms with van der Waals surface area (Å²) in [5.41, 5.74) is 2.79. The molecular weight excluding hydrogens is 396 g/mol. The van der Waals surface area contributed by atoms with E-state index in [-0.39, 0.29) is 11.9 Å². The predicted molar refractivity (Wildman–Crippen MR) is 101 cm³/mol. The second-order valence-electron chi connectivity index (χ2n) is 5.67. The first-order valence-electron chi connectivity index (χ1n) is 7.28. The van der Waals surface area contributed by atoms with E-state index < -0.39 is 0 Å². The lowest BCUT2D eigenvalue weighted by atomic mass is 10.2. The molecule has 3 aromatic rings. The average Bonchev–Trinajstić information content (AvgIpc) is 2.96. The minimum absolute atomic E-state index is 0.0541. The standard InChI is InChI=1S/C17H16BrClN2OS/c1-10(2)20-17(22)14-7-15-13(8-16(18)23-15)21(14)9-11-4-3-5-12(19)6-11/h3-8,10H,9H2,1-2H3,(H,20,22). The van der Waals surface area contributed by atoms with E-state index in [0.717, 1.165) is 19.6 Å². The highest BCUT2D eigenvalue weighted by molar-refractivity contribution is 9.11. The van der Waals surface area contributed by atoms with Crippen molar-refractivity contribution in [3.63, 3.8) is 0 Å². The quantitative estimate of drug-likeness (QED) is 0.620. The monoisotopic (exact) mass is 410 g/mol. The smallest absolute Gasteiger partial charge is 0.268 e. The SMILES string of the molecule is CC(C)NC(=O)c1cc2sc(Br)cc2n1Cc1cccc(Cl)c1. The summed E-state index contributed by atoms with van der Waals surface area (Å²) in [5.74, 6) is -0.0541. The summed E-state index contributed by atoms with van der Waals surface area (Å²) in [5, 5.41) is 3.67. The number of hydrogen-bond donors (Lipinski definition) is 1. The number of nitrogens with one attached hydrogen (secondary N) is 1. The molecule has 2 aromatic heterocycles. The van der Waals surface area contributed by atoms with Gasteiger partial charge in [-0.3, -0.25) is 4.79 Å². The van der Waals surface area contributed by atoms with Crippen LogP contribution in [0.4, 0.5) is 0 Å². The number of fused-ring (bicyclic) bond motifs is 1. The number of benzene rings is 1. The van der Waals surface area contributed by atoms with Crippen LogP contribution in [0.1, 0.15) is 29.9 Å². The maximum Gasteiger partial charge on any atom is 0.268 e. The number of nitrogens with zero attached hydrogens (tertiary/aromatic N) is 1. The molecule has 3 rings (SSSR count). The largest absolute Gasteiger partial charge is 0.349 e. The highest BCUT2D eigenvalue weighted by Gasteiger charge is 2.18. The van der Waals surface area contributed by atoms with Crippen LogP contribution in [0.2, 0.25) is 5.02 Å². The normalized spacial score (nSPS) is 11.3. The zero-order valence-electron chi connectivity index (χ0n) is 12.8. The maximum atomic E-state index is 12.5. The molecule has 0 aliphatic heterocycles. The van der Waals surface area contributed by atoms with Crippen molar-refractivity contribution >= 4 is 55.0 Å². The van der Waals surface area contributed by atoms with E-state index in [4.69, 9.17) is 11.6 Å². The zero-order chi connectivity index (χ0) is 16.6. The first-order chi connectivity index (χ1) is 10.9. The second kappa shape index (κ2) is 6.67. The van der Waals surface area contributed by atoms with E-state index in [1.165, 1.54) is 0 Å². The number of carbonyl (C=O) groups excluding carboxylic acids is 1. The van der Waals surface area contributed by atoms with E-state index in [2.05, 4.69) is 27.3 Å². The Morgan fingerprint density at radius 1 is 1.35 bits per heavy atom. The second-order valence-corrected chi connectivity index (χ2v) is 8.57. The molecule has 120 valence electrons. The van der Waals surface area contributed by atoms with Crippen molar-refractivity contribution in [3.8, 4) is 0 Å². The molecule has 0 unspecified atom stereocenters. The molecule has 0 bridgehead atoms. The summed E-state index contributed by atoms with van der Waals surface area (Å²) in [7, 11) is 0. The van der Waals surface area contributed by atoms with Crippen LogP contribution in [0.5, 0.6) is 0 Å². The van der Waals surface area contributed by atoms with Crippen LogP contribution in [0.15, 0.2) is 40.2 Å². The molecule has 1 aromatic carbocycles. The Morgan fingerprint density at radius 2 is 2.13 bits per heavy atom. The molecule has 0 aliphatic rings. The maximum absolute atomic E-state index is 12.5. The van der Waals surface area contributed by atoms with Gasteiger partial charge in [-0.1, -0.05) is 23.7 Å². The Balaban J connectivity index is 2.06. The van der Waals surface area contributed by atoms with Crippen molar-refractivity contribution < 1.29 is 4.79 Å². The summed E-state index contributed by atoms with van der Waals surface area (Å²) < 4.78 is 4.19. The van der Waals surface area contributed by atoms with Gasteiger partial charge in [0, 0.05) is 17.6 Å². The van der Waals surface area contributed by atoms with Gasteiger partial charge in [-0.2, -0.15) is 0 Å². The number of thiophene rings is 1. The Bertz CT molecular complexity index is 869. The van der Waals surface area contributed by atoms with Gasteiger partial charge >= 0.3 is 0 Å². The molecule has 1 amide bonds. The number of aromatic nitrogens is 1. The fourth-order valence-electron chi connectivity index (χ4n) is 2.52. The summed E-state index contributed by atoms with van der Waals surface area (Å²) in [6.45, 7) is 4.52. The van der Waals surface area contributed by atoms with Gasteiger partial charge in [-0.15, -0.1) is 11.3 Å². The van der Waals surface area contributed by atoms with Crippen molar-refractivity contribution in [3.05, 3.63) is 56.5 Å². The molecule has 0 radical (unpaired) electrons. The Labute approximate surface area is 152 Å². The molecule has 3 nitrogen and oxygen atoms in total. The van der Waals surface area contributed by atoms with Gasteiger partial charge in [0.2, 0.25) is 0 Å². The number of hydrogen-bond acceptors (Lipinski definition) is 2. The van der Waals surface area contributed by atoms with Crippen LogP contribution in [-0.4, -0.2) is 16.5 Å². The topological polar surface area (TPSA) is 34.0 Å². The Kier molecular flexibility index (Phi) is 4.80. The number of carbonyl (C=O) groups is 1. The van der Waals surface area contributed by atoms with Gasteiger partial charge in [-0.05, 0) is 59.6 Å². The molecule has 1 N–H and O–H groups in total. The molecule has 23 heavy (non-hydrogen) atoms. The first kappa shape index (κ1) is 16.6. The van der Waals surface area contributed by atoms with Gasteiger partial charge in [0.05, 0.1) is 14.0 Å². The number of halogens is 2. The van der Waals surface area contributed by atoms with Gasteiger partial charge in [-0.25, -0.2) is 0 Å². The van der Waals surface area contributed by atoms with Crippen LogP contribution in [0, 0.1) is 0 Å². The van der Waals surface area contributed by atoms with E-state index in [9.17, 15) is 4.79 Å². The third-order valence-electron chi connectivity index (χ3n) is 3.44. The highest BCUT2D eigenvalue weighted by atomic mass is 79.9. The highest BCUT2D eigenvalue weighted by Crippen LogP contribution is 2.33.